The first kappa shape index (κ1) is 20.2. The Bertz CT molecular complexity index is 694. The monoisotopic (exact) mass is 382 g/mol. The van der Waals surface area contributed by atoms with Gasteiger partial charge in [-0.25, -0.2) is 4.79 Å². The van der Waals surface area contributed by atoms with E-state index in [9.17, 15) is 14.4 Å². The van der Waals surface area contributed by atoms with E-state index in [0.29, 0.717) is 23.4 Å². The summed E-state index contributed by atoms with van der Waals surface area (Å²) in [5.41, 5.74) is 4.75. The van der Waals surface area contributed by atoms with E-state index in [1.807, 2.05) is 0 Å². The Balaban J connectivity index is 2.23. The van der Waals surface area contributed by atoms with E-state index in [1.54, 1.807) is 24.3 Å². The molecule has 1 amide bonds. The normalized spacial score (nSPS) is 21.0. The minimum absolute atomic E-state index is 0.0936. The van der Waals surface area contributed by atoms with Gasteiger partial charge in [-0.1, -0.05) is 29.8 Å². The van der Waals surface area contributed by atoms with Crippen molar-refractivity contribution in [2.45, 2.75) is 44.2 Å². The molecule has 0 spiro atoms. The van der Waals surface area contributed by atoms with Gasteiger partial charge < -0.3 is 15.2 Å². The predicted octanol–water partition coefficient (Wildman–Crippen LogP) is 2.59. The number of esters is 1. The second-order valence-electron chi connectivity index (χ2n) is 6.31. The molecule has 1 aromatic rings. The lowest BCUT2D eigenvalue weighted by Crippen LogP contribution is -2.54. The maximum atomic E-state index is 12.9. The molecular formula is C18H23ClN2O5. The fourth-order valence-electron chi connectivity index (χ4n) is 3.15. The number of rotatable bonds is 5. The zero-order chi connectivity index (χ0) is 19.3. The van der Waals surface area contributed by atoms with Crippen molar-refractivity contribution in [3.05, 3.63) is 34.9 Å². The van der Waals surface area contributed by atoms with Gasteiger partial charge in [-0.15, -0.1) is 0 Å². The van der Waals surface area contributed by atoms with Gasteiger partial charge in [0.2, 0.25) is 6.79 Å². The Morgan fingerprint density at radius 2 is 2.00 bits per heavy atom. The quantitative estimate of drug-likeness (QED) is 0.620. The molecule has 1 saturated carbocycles. The second-order valence-corrected chi connectivity index (χ2v) is 6.72. The highest BCUT2D eigenvalue weighted by Gasteiger charge is 2.48. The molecule has 0 unspecified atom stereocenters. The van der Waals surface area contributed by atoms with Crippen molar-refractivity contribution in [2.24, 2.45) is 5.73 Å². The molecule has 1 fully saturated rings. The number of ketones is 1. The van der Waals surface area contributed by atoms with Crippen LogP contribution in [0.15, 0.2) is 24.3 Å². The smallest absolute Gasteiger partial charge is 0.413 e. The van der Waals surface area contributed by atoms with Gasteiger partial charge in [-0.05, 0) is 32.3 Å². The van der Waals surface area contributed by atoms with E-state index >= 15 is 0 Å². The summed E-state index contributed by atoms with van der Waals surface area (Å²) in [6.45, 7) is 0.889. The van der Waals surface area contributed by atoms with Crippen LogP contribution < -0.4 is 5.73 Å². The highest BCUT2D eigenvalue weighted by molar-refractivity contribution is 6.31. The summed E-state index contributed by atoms with van der Waals surface area (Å²) < 4.78 is 9.76. The largest absolute Gasteiger partial charge is 0.427 e. The molecule has 2 N–H and O–H groups in total. The number of hydrogen-bond acceptors (Lipinski definition) is 6. The van der Waals surface area contributed by atoms with Gasteiger partial charge in [0.05, 0.1) is 0 Å². The van der Waals surface area contributed by atoms with Crippen molar-refractivity contribution < 1.29 is 23.9 Å². The van der Waals surface area contributed by atoms with Gasteiger partial charge in [-0.3, -0.25) is 14.5 Å². The maximum Gasteiger partial charge on any atom is 0.413 e. The summed E-state index contributed by atoms with van der Waals surface area (Å²) in [4.78, 5) is 38.0. The lowest BCUT2D eigenvalue weighted by Gasteiger charge is -2.43. The number of amides is 1. The number of likely N-dealkylation sites (N-methyl/N-ethyl adjacent to an activating group) is 1. The van der Waals surface area contributed by atoms with Crippen LogP contribution in [0.1, 0.15) is 38.2 Å². The Morgan fingerprint density at radius 1 is 1.31 bits per heavy atom. The van der Waals surface area contributed by atoms with Gasteiger partial charge in [0, 0.05) is 24.1 Å². The van der Waals surface area contributed by atoms with Gasteiger partial charge in [-0.2, -0.15) is 0 Å². The lowest BCUT2D eigenvalue weighted by atomic mass is 9.74. The topological polar surface area (TPSA) is 98.9 Å². The van der Waals surface area contributed by atoms with Gasteiger partial charge in [0.25, 0.3) is 0 Å². The Hall–Kier alpha value is -2.12. The first-order valence-corrected chi connectivity index (χ1v) is 8.79. The number of nitrogens with zero attached hydrogens (tertiary/aromatic N) is 1. The minimum Gasteiger partial charge on any atom is -0.427 e. The van der Waals surface area contributed by atoms with Crippen molar-refractivity contribution in [1.29, 1.82) is 0 Å². The summed E-state index contributed by atoms with van der Waals surface area (Å²) in [5, 5.41) is 0.408. The summed E-state index contributed by atoms with van der Waals surface area (Å²) in [6, 6.07) is 6.14. The molecule has 0 saturated heterocycles. The molecular weight excluding hydrogens is 360 g/mol. The fraction of sp³-hybridized carbons (Fsp3) is 0.500. The number of carbonyl (C=O) groups excluding carboxylic acids is 3. The Kier molecular flexibility index (Phi) is 6.61. The second kappa shape index (κ2) is 8.51. The van der Waals surface area contributed by atoms with Gasteiger partial charge in [0.1, 0.15) is 11.6 Å². The molecule has 1 aromatic carbocycles. The highest BCUT2D eigenvalue weighted by atomic mass is 35.5. The van der Waals surface area contributed by atoms with Crippen molar-refractivity contribution in [3.8, 4) is 0 Å². The first-order chi connectivity index (χ1) is 12.3. The molecule has 7 nitrogen and oxygen atoms in total. The molecule has 0 aromatic heterocycles. The Morgan fingerprint density at radius 3 is 2.62 bits per heavy atom. The van der Waals surface area contributed by atoms with Gasteiger partial charge >= 0.3 is 12.1 Å². The van der Waals surface area contributed by atoms with Crippen molar-refractivity contribution in [1.82, 2.24) is 4.90 Å². The maximum absolute atomic E-state index is 12.9. The molecule has 1 aliphatic rings. The van der Waals surface area contributed by atoms with Crippen LogP contribution in [-0.4, -0.2) is 42.6 Å². The number of benzene rings is 1. The summed E-state index contributed by atoms with van der Waals surface area (Å²) in [5.74, 6) is -0.779. The third-order valence-electron chi connectivity index (χ3n) is 4.57. The molecule has 0 aliphatic heterocycles. The van der Waals surface area contributed by atoms with E-state index in [2.05, 4.69) is 0 Å². The molecule has 0 heterocycles. The Labute approximate surface area is 157 Å². The van der Waals surface area contributed by atoms with Crippen LogP contribution in [0, 0.1) is 0 Å². The first-order valence-electron chi connectivity index (χ1n) is 8.42. The van der Waals surface area contributed by atoms with Crippen LogP contribution in [0.2, 0.25) is 5.02 Å². The van der Waals surface area contributed by atoms with Crippen molar-refractivity contribution >= 4 is 29.4 Å². The SMILES string of the molecule is C[C@H](N)C(=O)OCOC(=O)N(C)[C@]1(c2ccccc2Cl)CCCCC1=O. The standard InChI is InChI=1S/C18H23ClN2O5/c1-12(20)16(23)25-11-26-17(24)21(2)18(10-6-5-9-15(18)22)13-7-3-4-8-14(13)19/h3-4,7-8,12H,5-6,9-11,20H2,1-2H3/t12-,18-/m0/s1. The summed E-state index contributed by atoms with van der Waals surface area (Å²) in [6.07, 6.45) is 1.55. The average molecular weight is 383 g/mol. The van der Waals surface area contributed by atoms with Crippen LogP contribution in [-0.2, 0) is 24.6 Å². The third kappa shape index (κ3) is 3.99. The number of hydrogen-bond donors (Lipinski definition) is 1. The van der Waals surface area contributed by atoms with E-state index in [0.717, 1.165) is 12.8 Å². The zero-order valence-corrected chi connectivity index (χ0v) is 15.6. The van der Waals surface area contributed by atoms with Crippen LogP contribution in [0.4, 0.5) is 4.79 Å². The molecule has 2 rings (SSSR count). The van der Waals surface area contributed by atoms with E-state index in [4.69, 9.17) is 26.8 Å². The predicted molar refractivity (Wildman–Crippen MR) is 95.5 cm³/mol. The minimum atomic E-state index is -1.20. The summed E-state index contributed by atoms with van der Waals surface area (Å²) >= 11 is 6.33. The van der Waals surface area contributed by atoms with E-state index < -0.39 is 30.4 Å². The van der Waals surface area contributed by atoms with E-state index in [1.165, 1.54) is 18.9 Å². The van der Waals surface area contributed by atoms with Crippen LogP contribution in [0.25, 0.3) is 0 Å². The number of nitrogens with two attached hydrogens (primary N) is 1. The van der Waals surface area contributed by atoms with Crippen LogP contribution >= 0.6 is 11.6 Å². The van der Waals surface area contributed by atoms with Gasteiger partial charge in [0.15, 0.2) is 5.78 Å². The molecule has 1 aliphatic carbocycles. The molecule has 2 atom stereocenters. The highest BCUT2D eigenvalue weighted by Crippen LogP contribution is 2.42. The molecule has 0 bridgehead atoms. The molecule has 26 heavy (non-hydrogen) atoms. The molecule has 8 heteroatoms. The number of carbonyl (C=O) groups is 3. The zero-order valence-electron chi connectivity index (χ0n) is 14.9. The average Bonchev–Trinajstić information content (AvgIpc) is 2.62. The third-order valence-corrected chi connectivity index (χ3v) is 4.90. The van der Waals surface area contributed by atoms with Crippen LogP contribution in [0.5, 0.6) is 0 Å². The van der Waals surface area contributed by atoms with E-state index in [-0.39, 0.29) is 5.78 Å². The van der Waals surface area contributed by atoms with Crippen LogP contribution in [0.3, 0.4) is 0 Å². The lowest BCUT2D eigenvalue weighted by molar-refractivity contribution is -0.154. The number of Topliss-reactive ketones (excluding diaryl/α,β-unsaturated/α-hetero) is 1. The number of ether oxygens (including phenoxy) is 2. The van der Waals surface area contributed by atoms with Crippen molar-refractivity contribution in [2.75, 3.05) is 13.8 Å². The number of halogens is 1. The molecule has 142 valence electrons. The van der Waals surface area contributed by atoms with Crippen molar-refractivity contribution in [3.63, 3.8) is 0 Å². The summed E-state index contributed by atoms with van der Waals surface area (Å²) in [7, 11) is 1.49. The fourth-order valence-corrected chi connectivity index (χ4v) is 3.44. The molecule has 0 radical (unpaired) electrons.